The van der Waals surface area contributed by atoms with Gasteiger partial charge in [-0.2, -0.15) is 0 Å². The molecule has 25 heavy (non-hydrogen) atoms. The van der Waals surface area contributed by atoms with Gasteiger partial charge in [-0.3, -0.25) is 4.79 Å². The summed E-state index contributed by atoms with van der Waals surface area (Å²) >= 11 is 0. The molecule has 0 fully saturated rings. The fraction of sp³-hybridized carbons (Fsp3) is 0.158. The number of carbonyl (C=O) groups is 1. The summed E-state index contributed by atoms with van der Waals surface area (Å²) in [4.78, 5) is 12.1. The fourth-order valence-electron chi connectivity index (χ4n) is 2.54. The van der Waals surface area contributed by atoms with Crippen LogP contribution in [0.1, 0.15) is 23.8 Å². The fourth-order valence-corrected chi connectivity index (χ4v) is 2.54. The number of rotatable bonds is 5. The summed E-state index contributed by atoms with van der Waals surface area (Å²) in [6.07, 6.45) is -0.937. The summed E-state index contributed by atoms with van der Waals surface area (Å²) in [5.74, 6) is -0.274. The van der Waals surface area contributed by atoms with E-state index in [0.717, 1.165) is 5.69 Å². The zero-order valence-corrected chi connectivity index (χ0v) is 13.7. The number of aliphatic hydroxyl groups excluding tert-OH is 1. The number of carbonyl (C=O) groups excluding carboxylic acids is 1. The number of anilines is 1. The number of nitrogens with one attached hydrogen (secondary N) is 1. The highest BCUT2D eigenvalue weighted by Gasteiger charge is 2.15. The van der Waals surface area contributed by atoms with Crippen molar-refractivity contribution >= 4 is 11.7 Å². The number of aryl methyl sites for hydroxylation is 1. The van der Waals surface area contributed by atoms with Crippen LogP contribution in [0.25, 0.3) is 5.69 Å². The molecule has 0 saturated carbocycles. The average molecular weight is 339 g/mol. The SMILES string of the molecule is Cc1cc(NC(=O)CC(O)c2ccccc2)nn1-c1ccc(F)cc1. The lowest BCUT2D eigenvalue weighted by molar-refractivity contribution is -0.118. The maximum atomic E-state index is 13.0. The van der Waals surface area contributed by atoms with Crippen LogP contribution in [0.5, 0.6) is 0 Å². The Kier molecular flexibility index (Phi) is 4.90. The van der Waals surface area contributed by atoms with E-state index in [1.54, 1.807) is 35.0 Å². The first-order valence-corrected chi connectivity index (χ1v) is 7.88. The first kappa shape index (κ1) is 16.9. The van der Waals surface area contributed by atoms with Crippen molar-refractivity contribution in [2.45, 2.75) is 19.4 Å². The molecule has 0 spiro atoms. The zero-order chi connectivity index (χ0) is 17.8. The molecule has 1 unspecified atom stereocenters. The first-order valence-electron chi connectivity index (χ1n) is 7.88. The Bertz CT molecular complexity index is 860. The van der Waals surface area contributed by atoms with Crippen molar-refractivity contribution in [2.75, 3.05) is 5.32 Å². The summed E-state index contributed by atoms with van der Waals surface area (Å²) in [5, 5.41) is 17.1. The highest BCUT2D eigenvalue weighted by Crippen LogP contribution is 2.19. The summed E-state index contributed by atoms with van der Waals surface area (Å²) in [7, 11) is 0. The molecule has 2 N–H and O–H groups in total. The summed E-state index contributed by atoms with van der Waals surface area (Å²) in [6.45, 7) is 1.84. The Balaban J connectivity index is 1.68. The maximum absolute atomic E-state index is 13.0. The number of nitrogens with zero attached hydrogens (tertiary/aromatic N) is 2. The molecule has 0 radical (unpaired) electrons. The monoisotopic (exact) mass is 339 g/mol. The van der Waals surface area contributed by atoms with Crippen LogP contribution >= 0.6 is 0 Å². The van der Waals surface area contributed by atoms with Gasteiger partial charge in [-0.1, -0.05) is 30.3 Å². The Morgan fingerprint density at radius 3 is 2.56 bits per heavy atom. The lowest BCUT2D eigenvalue weighted by Crippen LogP contribution is -2.16. The van der Waals surface area contributed by atoms with Crippen LogP contribution < -0.4 is 5.32 Å². The standard InChI is InChI=1S/C19H18FN3O2/c1-13-11-18(22-23(13)16-9-7-15(20)8-10-16)21-19(25)12-17(24)14-5-3-2-4-6-14/h2-11,17,24H,12H2,1H3,(H,21,22,25). The second-order valence-electron chi connectivity index (χ2n) is 5.74. The van der Waals surface area contributed by atoms with E-state index in [0.29, 0.717) is 17.1 Å². The number of halogens is 1. The molecule has 0 bridgehead atoms. The van der Waals surface area contributed by atoms with E-state index in [4.69, 9.17) is 0 Å². The van der Waals surface area contributed by atoms with Crippen molar-refractivity contribution in [1.29, 1.82) is 0 Å². The van der Waals surface area contributed by atoms with Gasteiger partial charge < -0.3 is 10.4 Å². The van der Waals surface area contributed by atoms with Crippen LogP contribution in [0.3, 0.4) is 0 Å². The largest absolute Gasteiger partial charge is 0.388 e. The molecule has 0 aliphatic heterocycles. The molecule has 2 aromatic carbocycles. The second-order valence-corrected chi connectivity index (χ2v) is 5.74. The minimum atomic E-state index is -0.874. The molecule has 1 amide bonds. The summed E-state index contributed by atoms with van der Waals surface area (Å²) in [5.41, 5.74) is 2.18. The second kappa shape index (κ2) is 7.27. The summed E-state index contributed by atoms with van der Waals surface area (Å²) in [6, 6.07) is 16.7. The van der Waals surface area contributed by atoms with E-state index >= 15 is 0 Å². The van der Waals surface area contributed by atoms with Gasteiger partial charge in [0.2, 0.25) is 5.91 Å². The van der Waals surface area contributed by atoms with Crippen LogP contribution in [0.15, 0.2) is 60.7 Å². The van der Waals surface area contributed by atoms with Gasteiger partial charge in [-0.15, -0.1) is 5.10 Å². The van der Waals surface area contributed by atoms with Crippen molar-refractivity contribution in [3.8, 4) is 5.69 Å². The molecule has 128 valence electrons. The van der Waals surface area contributed by atoms with Gasteiger partial charge in [0.25, 0.3) is 0 Å². The van der Waals surface area contributed by atoms with E-state index in [2.05, 4.69) is 10.4 Å². The predicted molar refractivity (Wildman–Crippen MR) is 92.9 cm³/mol. The highest BCUT2D eigenvalue weighted by atomic mass is 19.1. The molecule has 0 saturated heterocycles. The molecular formula is C19H18FN3O2. The van der Waals surface area contributed by atoms with Gasteiger partial charge in [-0.25, -0.2) is 9.07 Å². The lowest BCUT2D eigenvalue weighted by Gasteiger charge is -2.10. The first-order chi connectivity index (χ1) is 12.0. The normalized spacial score (nSPS) is 12.0. The van der Waals surface area contributed by atoms with Crippen molar-refractivity contribution in [1.82, 2.24) is 9.78 Å². The molecule has 1 atom stereocenters. The van der Waals surface area contributed by atoms with Crippen LogP contribution in [-0.4, -0.2) is 20.8 Å². The zero-order valence-electron chi connectivity index (χ0n) is 13.7. The molecule has 6 heteroatoms. The Labute approximate surface area is 144 Å². The van der Waals surface area contributed by atoms with Gasteiger partial charge in [-0.05, 0) is 36.8 Å². The molecule has 0 aliphatic carbocycles. The predicted octanol–water partition coefficient (Wildman–Crippen LogP) is 3.38. The van der Waals surface area contributed by atoms with Gasteiger partial charge in [0.15, 0.2) is 5.82 Å². The van der Waals surface area contributed by atoms with Crippen LogP contribution in [-0.2, 0) is 4.79 Å². The minimum absolute atomic E-state index is 0.0630. The number of aliphatic hydroxyl groups is 1. The van der Waals surface area contributed by atoms with Crippen molar-refractivity contribution in [3.63, 3.8) is 0 Å². The molecule has 3 aromatic rings. The van der Waals surface area contributed by atoms with Crippen LogP contribution in [0.2, 0.25) is 0 Å². The molecule has 1 aromatic heterocycles. The molecule has 5 nitrogen and oxygen atoms in total. The third-order valence-corrected chi connectivity index (χ3v) is 3.79. The van der Waals surface area contributed by atoms with Crippen molar-refractivity contribution in [3.05, 3.63) is 77.7 Å². The third-order valence-electron chi connectivity index (χ3n) is 3.79. The van der Waals surface area contributed by atoms with Crippen LogP contribution in [0, 0.1) is 12.7 Å². The van der Waals surface area contributed by atoms with E-state index in [9.17, 15) is 14.3 Å². The smallest absolute Gasteiger partial charge is 0.228 e. The van der Waals surface area contributed by atoms with Gasteiger partial charge >= 0.3 is 0 Å². The van der Waals surface area contributed by atoms with E-state index in [1.807, 2.05) is 25.1 Å². The van der Waals surface area contributed by atoms with Crippen molar-refractivity contribution < 1.29 is 14.3 Å². The lowest BCUT2D eigenvalue weighted by atomic mass is 10.1. The van der Waals surface area contributed by atoms with E-state index in [-0.39, 0.29) is 18.1 Å². The highest BCUT2D eigenvalue weighted by molar-refractivity contribution is 5.90. The molecular weight excluding hydrogens is 321 g/mol. The van der Waals surface area contributed by atoms with Crippen LogP contribution in [0.4, 0.5) is 10.2 Å². The minimum Gasteiger partial charge on any atom is -0.388 e. The number of amides is 1. The maximum Gasteiger partial charge on any atom is 0.228 e. The molecule has 1 heterocycles. The quantitative estimate of drug-likeness (QED) is 0.749. The van der Waals surface area contributed by atoms with Gasteiger partial charge in [0.1, 0.15) is 5.82 Å². The third kappa shape index (κ3) is 4.10. The number of hydrogen-bond acceptors (Lipinski definition) is 3. The average Bonchev–Trinajstić information content (AvgIpc) is 2.96. The van der Waals surface area contributed by atoms with Gasteiger partial charge in [0.05, 0.1) is 18.2 Å². The number of benzene rings is 2. The van der Waals surface area contributed by atoms with E-state index in [1.165, 1.54) is 12.1 Å². The van der Waals surface area contributed by atoms with E-state index < -0.39 is 6.10 Å². The van der Waals surface area contributed by atoms with Gasteiger partial charge in [0, 0.05) is 11.8 Å². The Morgan fingerprint density at radius 1 is 1.20 bits per heavy atom. The molecule has 0 aliphatic rings. The number of aromatic nitrogens is 2. The summed E-state index contributed by atoms with van der Waals surface area (Å²) < 4.78 is 14.6. The topological polar surface area (TPSA) is 67.2 Å². The Morgan fingerprint density at radius 2 is 1.88 bits per heavy atom. The number of hydrogen-bond donors (Lipinski definition) is 2. The Hall–Kier alpha value is -2.99. The molecule has 3 rings (SSSR count). The van der Waals surface area contributed by atoms with Crippen molar-refractivity contribution in [2.24, 2.45) is 0 Å².